The first-order valence-corrected chi connectivity index (χ1v) is 21.6. The molecule has 10 nitrogen and oxygen atoms in total. The van der Waals surface area contributed by atoms with Crippen LogP contribution in [0.4, 0.5) is 5.69 Å². The number of rotatable bonds is 14. The molecule has 276 valence electrons. The van der Waals surface area contributed by atoms with E-state index in [1.54, 1.807) is 6.07 Å². The highest BCUT2D eigenvalue weighted by Crippen LogP contribution is 2.50. The number of piperidine rings is 1. The van der Waals surface area contributed by atoms with Gasteiger partial charge in [-0.3, -0.25) is 0 Å². The minimum Gasteiger partial charge on any atom is -0.748 e. The second kappa shape index (κ2) is 16.9. The number of aliphatic hydroxyl groups is 1. The Labute approximate surface area is 295 Å². The molecule has 2 bridgehead atoms. The van der Waals surface area contributed by atoms with Crippen molar-refractivity contribution >= 4 is 25.6 Å². The molecule has 0 saturated carbocycles. The molecule has 2 aromatic carbocycles. The molecule has 49 heavy (non-hydrogen) atoms. The van der Waals surface area contributed by atoms with Crippen LogP contribution in [0.15, 0.2) is 47.4 Å². The number of quaternary nitrogens is 1. The molecular formula is C37H59N3O7S2. The second-order valence-corrected chi connectivity index (χ2v) is 18.2. The molecule has 3 fully saturated rings. The molecule has 6 rings (SSSR count). The highest BCUT2D eigenvalue weighted by molar-refractivity contribution is 7.91. The van der Waals surface area contributed by atoms with Gasteiger partial charge in [0.05, 0.1) is 53.1 Å². The number of hydrogen-bond donors (Lipinski definition) is 2. The van der Waals surface area contributed by atoms with E-state index in [1.807, 2.05) is 55.4 Å². The molecule has 4 aliphatic heterocycles. The van der Waals surface area contributed by atoms with Crippen molar-refractivity contribution in [2.75, 3.05) is 63.8 Å². The van der Waals surface area contributed by atoms with Gasteiger partial charge in [-0.1, -0.05) is 51.7 Å². The van der Waals surface area contributed by atoms with Crippen molar-refractivity contribution in [2.24, 2.45) is 11.3 Å². The Morgan fingerprint density at radius 2 is 1.61 bits per heavy atom. The molecule has 0 aromatic heterocycles. The number of sulfone groups is 1. The van der Waals surface area contributed by atoms with Crippen LogP contribution in [0.1, 0.15) is 95.1 Å². The van der Waals surface area contributed by atoms with E-state index in [2.05, 4.69) is 19.3 Å². The van der Waals surface area contributed by atoms with Gasteiger partial charge in [0.25, 0.3) is 0 Å². The van der Waals surface area contributed by atoms with Gasteiger partial charge < -0.3 is 19.3 Å². The van der Waals surface area contributed by atoms with Crippen LogP contribution < -0.4 is 15.1 Å². The maximum Gasteiger partial charge on any atom is 0.179 e. The van der Waals surface area contributed by atoms with Crippen LogP contribution in [0.25, 0.3) is 0 Å². The number of fused-ring (bicyclic) bond motifs is 4. The summed E-state index contributed by atoms with van der Waals surface area (Å²) in [5.41, 5.74) is 5.64. The van der Waals surface area contributed by atoms with Gasteiger partial charge in [-0.25, -0.2) is 21.4 Å². The summed E-state index contributed by atoms with van der Waals surface area (Å²) in [6, 6.07) is 13.7. The third-order valence-corrected chi connectivity index (χ3v) is 12.8. The normalized spacial score (nSPS) is 25.4. The lowest BCUT2D eigenvalue weighted by molar-refractivity contribution is -0.983. The molecule has 4 heterocycles. The SMILES string of the molecule is CCCCC1(CCCC)CS(=O)(=O)c2ccc(N(C)C)cc2[C@@H](c2ccc(OCCCC[N+]34CCC(CC3)CN4)cc2)[C@H]1O.CS(=O)(=O)[O-]. The lowest BCUT2D eigenvalue weighted by atomic mass is 9.68. The van der Waals surface area contributed by atoms with E-state index in [0.717, 1.165) is 66.0 Å². The van der Waals surface area contributed by atoms with Crippen LogP contribution >= 0.6 is 0 Å². The fourth-order valence-electron chi connectivity index (χ4n) is 7.97. The lowest BCUT2D eigenvalue weighted by Gasteiger charge is -2.48. The Morgan fingerprint density at radius 1 is 1.00 bits per heavy atom. The Bertz CT molecular complexity index is 1540. The van der Waals surface area contributed by atoms with E-state index in [-0.39, 0.29) is 5.75 Å². The molecule has 2 aromatic rings. The average molecular weight is 722 g/mol. The first-order chi connectivity index (χ1) is 23.1. The van der Waals surface area contributed by atoms with Crippen LogP contribution in [0.5, 0.6) is 5.75 Å². The van der Waals surface area contributed by atoms with Gasteiger partial charge in [-0.05, 0) is 66.6 Å². The first kappa shape index (κ1) is 39.6. The summed E-state index contributed by atoms with van der Waals surface area (Å²) in [5, 5.41) is 12.4. The van der Waals surface area contributed by atoms with E-state index < -0.39 is 37.4 Å². The molecule has 2 N–H and O–H groups in total. The number of nitrogens with one attached hydrogen (secondary N) is 1. The molecule has 0 spiro atoms. The summed E-state index contributed by atoms with van der Waals surface area (Å²) in [4.78, 5) is 2.36. The van der Waals surface area contributed by atoms with Gasteiger partial charge in [-0.15, -0.1) is 0 Å². The van der Waals surface area contributed by atoms with Crippen LogP contribution in [-0.4, -0.2) is 96.1 Å². The van der Waals surface area contributed by atoms with Gasteiger partial charge in [0.1, 0.15) is 5.75 Å². The van der Waals surface area contributed by atoms with Crippen molar-refractivity contribution in [3.05, 3.63) is 53.6 Å². The van der Waals surface area contributed by atoms with E-state index in [0.29, 0.717) is 36.2 Å². The maximum atomic E-state index is 14.1. The summed E-state index contributed by atoms with van der Waals surface area (Å²) < 4.78 is 62.6. The van der Waals surface area contributed by atoms with Crippen molar-refractivity contribution in [1.29, 1.82) is 0 Å². The largest absolute Gasteiger partial charge is 0.748 e. The number of hydrogen-bond acceptors (Lipinski definition) is 9. The third kappa shape index (κ3) is 10.4. The summed E-state index contributed by atoms with van der Waals surface area (Å²) >= 11 is 0. The predicted molar refractivity (Wildman–Crippen MR) is 195 cm³/mol. The summed E-state index contributed by atoms with van der Waals surface area (Å²) in [6.45, 7) is 9.81. The predicted octanol–water partition coefficient (Wildman–Crippen LogP) is 5.46. The minimum absolute atomic E-state index is 0.0106. The van der Waals surface area contributed by atoms with Crippen molar-refractivity contribution in [3.8, 4) is 5.75 Å². The summed E-state index contributed by atoms with van der Waals surface area (Å²) in [7, 11) is -3.60. The van der Waals surface area contributed by atoms with Crippen LogP contribution in [0.3, 0.4) is 0 Å². The number of nitrogens with zero attached hydrogens (tertiary/aromatic N) is 2. The minimum atomic E-state index is -3.92. The zero-order valence-corrected chi connectivity index (χ0v) is 31.8. The average Bonchev–Trinajstić information content (AvgIpc) is 3.13. The Balaban J connectivity index is 0.00000101. The number of aliphatic hydroxyl groups excluding tert-OH is 1. The molecule has 0 amide bonds. The second-order valence-electron chi connectivity index (χ2n) is 14.8. The maximum absolute atomic E-state index is 14.1. The standard InChI is InChI=1S/C36H56N3O4S.CH4O3S/c1-5-7-19-36(20-8-6-2)27-44(41,42)33-16-13-30(38(3)4)25-32(33)34(35(36)40)29-11-14-31(15-12-29)43-24-10-9-21-39-22-17-28(18-23-39)26-37-39;1-5(2,3)4/h11-16,25,28,34-35,37,40H,5-10,17-24,26-27H2,1-4H3;1H3,(H,2,3,4)/q+1;/p-1/t28?,34-,35-,39?;/m1./s1. The van der Waals surface area contributed by atoms with Crippen LogP contribution in [0, 0.1) is 11.3 Å². The monoisotopic (exact) mass is 721 g/mol. The highest BCUT2D eigenvalue weighted by atomic mass is 32.2. The molecule has 0 radical (unpaired) electrons. The van der Waals surface area contributed by atoms with Gasteiger partial charge in [-0.2, -0.15) is 5.43 Å². The Morgan fingerprint density at radius 3 is 2.14 bits per heavy atom. The van der Waals surface area contributed by atoms with Crippen LogP contribution in [0.2, 0.25) is 0 Å². The lowest BCUT2D eigenvalue weighted by Crippen LogP contribution is -2.67. The van der Waals surface area contributed by atoms with Crippen molar-refractivity contribution in [1.82, 2.24) is 5.43 Å². The Hall–Kier alpha value is -2.22. The van der Waals surface area contributed by atoms with Crippen molar-refractivity contribution in [2.45, 2.75) is 95.0 Å². The summed E-state index contributed by atoms with van der Waals surface area (Å²) in [5.74, 6) is 1.25. The molecule has 4 aliphatic rings. The van der Waals surface area contributed by atoms with E-state index in [9.17, 15) is 13.5 Å². The molecule has 0 aliphatic carbocycles. The van der Waals surface area contributed by atoms with Gasteiger partial charge in [0, 0.05) is 63.2 Å². The molecule has 2 atom stereocenters. The van der Waals surface area contributed by atoms with Gasteiger partial charge in [0.2, 0.25) is 0 Å². The molecular weight excluding hydrogens is 663 g/mol. The zero-order chi connectivity index (χ0) is 35.9. The van der Waals surface area contributed by atoms with Gasteiger partial charge in [0.15, 0.2) is 9.84 Å². The quantitative estimate of drug-likeness (QED) is 0.148. The summed E-state index contributed by atoms with van der Waals surface area (Å²) in [6.07, 6.45) is 9.78. The smallest absolute Gasteiger partial charge is 0.179 e. The Kier molecular flexibility index (Phi) is 13.6. The van der Waals surface area contributed by atoms with Gasteiger partial charge >= 0.3 is 0 Å². The van der Waals surface area contributed by atoms with Crippen molar-refractivity contribution in [3.63, 3.8) is 0 Å². The van der Waals surface area contributed by atoms with Crippen molar-refractivity contribution < 1.29 is 35.8 Å². The number of benzene rings is 2. The first-order valence-electron chi connectivity index (χ1n) is 18.1. The number of anilines is 1. The highest BCUT2D eigenvalue weighted by Gasteiger charge is 2.49. The number of ether oxygens (including phenoxy) is 1. The topological polar surface area (TPSA) is 136 Å². The van der Waals surface area contributed by atoms with E-state index >= 15 is 0 Å². The fourth-order valence-corrected chi connectivity index (χ4v) is 10.2. The van der Waals surface area contributed by atoms with Crippen LogP contribution in [-0.2, 0) is 20.0 Å². The third-order valence-electron chi connectivity index (χ3n) is 10.8. The fraction of sp³-hybridized carbons (Fsp3) is 0.676. The number of unbranched alkanes of at least 4 members (excludes halogenated alkanes) is 3. The van der Waals surface area contributed by atoms with E-state index in [1.165, 1.54) is 39.0 Å². The zero-order valence-electron chi connectivity index (χ0n) is 30.2. The molecule has 3 saturated heterocycles. The van der Waals surface area contributed by atoms with E-state index in [4.69, 9.17) is 17.7 Å². The molecule has 0 unspecified atom stereocenters. The molecule has 12 heteroatoms.